The van der Waals surface area contributed by atoms with E-state index >= 15 is 0 Å². The number of rotatable bonds is 5. The molecule has 0 aromatic heterocycles. The molecule has 1 aromatic rings. The molecule has 19 heavy (non-hydrogen) atoms. The molecule has 1 saturated carbocycles. The second-order valence-corrected chi connectivity index (χ2v) is 6.76. The standard InChI is InChI=1S/C16H24BrNO/c1-12-9-13(2)11-16(10-12)19-8-7-18-15-5-3-14(17)4-6-15/h3-6,12-13,16,18H,7-11H2,1-2H3. The summed E-state index contributed by atoms with van der Waals surface area (Å²) in [6.45, 7) is 6.35. The van der Waals surface area contributed by atoms with Crippen LogP contribution in [0.1, 0.15) is 33.1 Å². The molecule has 1 N–H and O–H groups in total. The van der Waals surface area contributed by atoms with Gasteiger partial charge in [-0.2, -0.15) is 0 Å². The molecule has 1 aliphatic rings. The van der Waals surface area contributed by atoms with Crippen molar-refractivity contribution in [3.8, 4) is 0 Å². The molecule has 106 valence electrons. The van der Waals surface area contributed by atoms with Gasteiger partial charge in [-0.3, -0.25) is 0 Å². The summed E-state index contributed by atoms with van der Waals surface area (Å²) in [6, 6.07) is 8.26. The number of hydrogen-bond donors (Lipinski definition) is 1. The molecule has 1 aliphatic carbocycles. The molecule has 2 atom stereocenters. The zero-order valence-electron chi connectivity index (χ0n) is 11.9. The highest BCUT2D eigenvalue weighted by Crippen LogP contribution is 2.30. The first-order valence-electron chi connectivity index (χ1n) is 7.24. The van der Waals surface area contributed by atoms with Crippen molar-refractivity contribution in [3.63, 3.8) is 0 Å². The van der Waals surface area contributed by atoms with Gasteiger partial charge in [0, 0.05) is 16.7 Å². The topological polar surface area (TPSA) is 21.3 Å². The Labute approximate surface area is 125 Å². The van der Waals surface area contributed by atoms with Crippen LogP contribution >= 0.6 is 15.9 Å². The molecule has 1 aromatic carbocycles. The lowest BCUT2D eigenvalue weighted by molar-refractivity contribution is 0.00618. The Morgan fingerprint density at radius 3 is 2.37 bits per heavy atom. The zero-order chi connectivity index (χ0) is 13.7. The van der Waals surface area contributed by atoms with Crippen molar-refractivity contribution in [2.24, 2.45) is 11.8 Å². The molecular weight excluding hydrogens is 302 g/mol. The number of benzene rings is 1. The van der Waals surface area contributed by atoms with Crippen LogP contribution in [0.4, 0.5) is 5.69 Å². The van der Waals surface area contributed by atoms with Crippen molar-refractivity contribution < 1.29 is 4.74 Å². The van der Waals surface area contributed by atoms with Crippen LogP contribution < -0.4 is 5.32 Å². The summed E-state index contributed by atoms with van der Waals surface area (Å²) >= 11 is 3.44. The number of halogens is 1. The fourth-order valence-corrected chi connectivity index (χ4v) is 3.26. The molecule has 0 saturated heterocycles. The van der Waals surface area contributed by atoms with Gasteiger partial charge in [-0.25, -0.2) is 0 Å². The van der Waals surface area contributed by atoms with Gasteiger partial charge in [-0.15, -0.1) is 0 Å². The predicted octanol–water partition coefficient (Wildman–Crippen LogP) is 4.70. The van der Waals surface area contributed by atoms with E-state index in [1.165, 1.54) is 19.3 Å². The summed E-state index contributed by atoms with van der Waals surface area (Å²) in [6.07, 6.45) is 4.27. The molecule has 0 amide bonds. The average molecular weight is 326 g/mol. The van der Waals surface area contributed by atoms with Gasteiger partial charge in [0.05, 0.1) is 12.7 Å². The van der Waals surface area contributed by atoms with E-state index in [-0.39, 0.29) is 0 Å². The highest BCUT2D eigenvalue weighted by molar-refractivity contribution is 9.10. The van der Waals surface area contributed by atoms with Crippen molar-refractivity contribution in [1.82, 2.24) is 0 Å². The molecule has 1 fully saturated rings. The minimum Gasteiger partial charge on any atom is -0.383 e. The van der Waals surface area contributed by atoms with Gasteiger partial charge in [-0.1, -0.05) is 29.8 Å². The summed E-state index contributed by atoms with van der Waals surface area (Å²) in [5.41, 5.74) is 1.15. The molecule has 0 radical (unpaired) electrons. The van der Waals surface area contributed by atoms with Crippen molar-refractivity contribution >= 4 is 21.6 Å². The van der Waals surface area contributed by atoms with Gasteiger partial charge in [0.1, 0.15) is 0 Å². The lowest BCUT2D eigenvalue weighted by Crippen LogP contribution is -2.27. The van der Waals surface area contributed by atoms with E-state index in [9.17, 15) is 0 Å². The molecule has 0 bridgehead atoms. The lowest BCUT2D eigenvalue weighted by Gasteiger charge is -2.31. The third-order valence-corrected chi connectivity index (χ3v) is 4.29. The highest BCUT2D eigenvalue weighted by atomic mass is 79.9. The molecule has 2 rings (SSSR count). The minimum absolute atomic E-state index is 0.463. The number of anilines is 1. The zero-order valence-corrected chi connectivity index (χ0v) is 13.4. The Hall–Kier alpha value is -0.540. The maximum absolute atomic E-state index is 6.00. The fraction of sp³-hybridized carbons (Fsp3) is 0.625. The number of nitrogens with one attached hydrogen (secondary N) is 1. The van der Waals surface area contributed by atoms with Gasteiger partial charge in [-0.05, 0) is 55.4 Å². The van der Waals surface area contributed by atoms with E-state index in [1.54, 1.807) is 0 Å². The van der Waals surface area contributed by atoms with Crippen LogP contribution in [0.2, 0.25) is 0 Å². The summed E-state index contributed by atoms with van der Waals surface area (Å²) < 4.78 is 7.11. The Bertz CT molecular complexity index is 369. The van der Waals surface area contributed by atoms with E-state index in [0.29, 0.717) is 6.10 Å². The number of ether oxygens (including phenoxy) is 1. The quantitative estimate of drug-likeness (QED) is 0.792. The van der Waals surface area contributed by atoms with E-state index in [4.69, 9.17) is 4.74 Å². The Balaban J connectivity index is 1.65. The normalized spacial score (nSPS) is 27.2. The average Bonchev–Trinajstić information content (AvgIpc) is 2.36. The van der Waals surface area contributed by atoms with E-state index in [1.807, 2.05) is 12.1 Å². The Morgan fingerprint density at radius 2 is 1.74 bits per heavy atom. The SMILES string of the molecule is CC1CC(C)CC(OCCNc2ccc(Br)cc2)C1. The third-order valence-electron chi connectivity index (χ3n) is 3.76. The van der Waals surface area contributed by atoms with Crippen LogP contribution in [-0.2, 0) is 4.74 Å². The van der Waals surface area contributed by atoms with E-state index < -0.39 is 0 Å². The van der Waals surface area contributed by atoms with E-state index in [0.717, 1.165) is 35.1 Å². The molecule has 0 heterocycles. The van der Waals surface area contributed by atoms with Crippen LogP contribution in [0.5, 0.6) is 0 Å². The maximum Gasteiger partial charge on any atom is 0.0642 e. The van der Waals surface area contributed by atoms with Gasteiger partial charge in [0.25, 0.3) is 0 Å². The van der Waals surface area contributed by atoms with Crippen molar-refractivity contribution in [1.29, 1.82) is 0 Å². The van der Waals surface area contributed by atoms with Gasteiger partial charge in [0.15, 0.2) is 0 Å². The van der Waals surface area contributed by atoms with Gasteiger partial charge in [0.2, 0.25) is 0 Å². The van der Waals surface area contributed by atoms with Crippen molar-refractivity contribution in [3.05, 3.63) is 28.7 Å². The van der Waals surface area contributed by atoms with Crippen molar-refractivity contribution in [2.75, 3.05) is 18.5 Å². The molecule has 3 heteroatoms. The predicted molar refractivity (Wildman–Crippen MR) is 84.6 cm³/mol. The third kappa shape index (κ3) is 5.15. The first-order chi connectivity index (χ1) is 9.13. The van der Waals surface area contributed by atoms with Gasteiger partial charge >= 0.3 is 0 Å². The first kappa shape index (κ1) is 14.9. The van der Waals surface area contributed by atoms with Crippen molar-refractivity contribution in [2.45, 2.75) is 39.2 Å². The molecular formula is C16H24BrNO. The lowest BCUT2D eigenvalue weighted by atomic mass is 9.82. The van der Waals surface area contributed by atoms with Crippen LogP contribution in [0.15, 0.2) is 28.7 Å². The summed E-state index contributed by atoms with van der Waals surface area (Å²) in [4.78, 5) is 0. The largest absolute Gasteiger partial charge is 0.383 e. The maximum atomic E-state index is 6.00. The van der Waals surface area contributed by atoms with Crippen LogP contribution in [0.25, 0.3) is 0 Å². The Kier molecular flexibility index (Phi) is 5.71. The monoisotopic (exact) mass is 325 g/mol. The smallest absolute Gasteiger partial charge is 0.0642 e. The van der Waals surface area contributed by atoms with Crippen LogP contribution in [0, 0.1) is 11.8 Å². The fourth-order valence-electron chi connectivity index (χ4n) is 3.00. The van der Waals surface area contributed by atoms with Crippen LogP contribution in [-0.4, -0.2) is 19.3 Å². The van der Waals surface area contributed by atoms with E-state index in [2.05, 4.69) is 47.2 Å². The first-order valence-corrected chi connectivity index (χ1v) is 8.04. The molecule has 2 nitrogen and oxygen atoms in total. The minimum atomic E-state index is 0.463. The second-order valence-electron chi connectivity index (χ2n) is 5.84. The van der Waals surface area contributed by atoms with Gasteiger partial charge < -0.3 is 10.1 Å². The number of hydrogen-bond acceptors (Lipinski definition) is 2. The second kappa shape index (κ2) is 7.30. The molecule has 2 unspecified atom stereocenters. The summed E-state index contributed by atoms with van der Waals surface area (Å²) in [7, 11) is 0. The molecule has 0 spiro atoms. The summed E-state index contributed by atoms with van der Waals surface area (Å²) in [5.74, 6) is 1.63. The highest BCUT2D eigenvalue weighted by Gasteiger charge is 2.24. The Morgan fingerprint density at radius 1 is 1.11 bits per heavy atom. The molecule has 0 aliphatic heterocycles. The summed E-state index contributed by atoms with van der Waals surface area (Å²) in [5, 5.41) is 3.39. The van der Waals surface area contributed by atoms with Crippen LogP contribution in [0.3, 0.4) is 0 Å².